The summed E-state index contributed by atoms with van der Waals surface area (Å²) in [6.07, 6.45) is 5.41. The largest absolute Gasteiger partial charge is 0.441 e. The van der Waals surface area contributed by atoms with Gasteiger partial charge in [0.15, 0.2) is 18.0 Å². The Balaban J connectivity index is 1.85. The second kappa shape index (κ2) is 4.94. The molecule has 110 valence electrons. The van der Waals surface area contributed by atoms with Crippen molar-refractivity contribution in [1.29, 1.82) is 0 Å². The van der Waals surface area contributed by atoms with Crippen LogP contribution in [-0.4, -0.2) is 14.5 Å². The van der Waals surface area contributed by atoms with Crippen LogP contribution < -0.4 is 5.69 Å². The predicted octanol–water partition coefficient (Wildman–Crippen LogP) is 3.07. The Labute approximate surface area is 127 Å². The van der Waals surface area contributed by atoms with E-state index in [1.54, 1.807) is 0 Å². The molecule has 5 heteroatoms. The van der Waals surface area contributed by atoms with Crippen molar-refractivity contribution in [3.05, 3.63) is 64.7 Å². The Hall–Kier alpha value is -2.69. The Bertz CT molecular complexity index is 876. The lowest BCUT2D eigenvalue weighted by Crippen LogP contribution is -2.23. The van der Waals surface area contributed by atoms with Crippen molar-refractivity contribution in [1.82, 2.24) is 14.5 Å². The average molecular weight is 293 g/mol. The van der Waals surface area contributed by atoms with E-state index in [0.29, 0.717) is 17.5 Å². The lowest BCUT2D eigenvalue weighted by Gasteiger charge is -2.08. The Morgan fingerprint density at radius 3 is 2.73 bits per heavy atom. The van der Waals surface area contributed by atoms with Crippen molar-refractivity contribution < 1.29 is 4.42 Å². The van der Waals surface area contributed by atoms with Crippen LogP contribution in [0.3, 0.4) is 0 Å². The monoisotopic (exact) mass is 293 g/mol. The van der Waals surface area contributed by atoms with Gasteiger partial charge in [0.2, 0.25) is 0 Å². The number of aryl methyl sites for hydroxylation is 1. The van der Waals surface area contributed by atoms with Crippen molar-refractivity contribution in [2.75, 3.05) is 0 Å². The Kier molecular flexibility index (Phi) is 2.92. The van der Waals surface area contributed by atoms with Crippen molar-refractivity contribution >= 4 is 0 Å². The first kappa shape index (κ1) is 13.0. The Morgan fingerprint density at radius 1 is 1.23 bits per heavy atom. The van der Waals surface area contributed by atoms with E-state index in [-0.39, 0.29) is 5.69 Å². The van der Waals surface area contributed by atoms with Crippen LogP contribution in [0.25, 0.3) is 17.1 Å². The first-order chi connectivity index (χ1) is 10.7. The van der Waals surface area contributed by atoms with Gasteiger partial charge in [0.25, 0.3) is 0 Å². The van der Waals surface area contributed by atoms with E-state index < -0.39 is 0 Å². The second-order valence-corrected chi connectivity index (χ2v) is 5.61. The molecule has 0 amide bonds. The Morgan fingerprint density at radius 2 is 2.00 bits per heavy atom. The van der Waals surface area contributed by atoms with Gasteiger partial charge < -0.3 is 4.42 Å². The maximum absolute atomic E-state index is 12.4. The molecule has 0 radical (unpaired) electrons. The van der Waals surface area contributed by atoms with Crippen LogP contribution >= 0.6 is 0 Å². The minimum absolute atomic E-state index is 0.307. The fourth-order valence-electron chi connectivity index (χ4n) is 2.68. The maximum Gasteiger partial charge on any atom is 0.353 e. The van der Waals surface area contributed by atoms with Crippen LogP contribution in [0.1, 0.15) is 30.0 Å². The van der Waals surface area contributed by atoms with Gasteiger partial charge in [-0.05, 0) is 25.3 Å². The highest BCUT2D eigenvalue weighted by Crippen LogP contribution is 2.40. The summed E-state index contributed by atoms with van der Waals surface area (Å²) in [4.78, 5) is 20.8. The van der Waals surface area contributed by atoms with E-state index in [1.165, 1.54) is 11.0 Å². The number of rotatable bonds is 3. The molecular weight excluding hydrogens is 278 g/mol. The number of hydrogen-bond donors (Lipinski definition) is 0. The van der Waals surface area contributed by atoms with E-state index >= 15 is 0 Å². The summed E-state index contributed by atoms with van der Waals surface area (Å²) in [5.74, 6) is 1.51. The summed E-state index contributed by atoms with van der Waals surface area (Å²) in [5, 5.41) is 0. The van der Waals surface area contributed by atoms with Crippen LogP contribution in [0.15, 0.2) is 52.1 Å². The molecule has 1 aliphatic carbocycles. The zero-order valence-corrected chi connectivity index (χ0v) is 12.2. The molecule has 2 heterocycles. The summed E-state index contributed by atoms with van der Waals surface area (Å²) in [6, 6.07) is 9.62. The van der Waals surface area contributed by atoms with Gasteiger partial charge in [0, 0.05) is 17.7 Å². The maximum atomic E-state index is 12.4. The van der Waals surface area contributed by atoms with Crippen molar-refractivity contribution in [2.24, 2.45) is 0 Å². The second-order valence-electron chi connectivity index (χ2n) is 5.61. The topological polar surface area (TPSA) is 60.9 Å². The number of nitrogens with zero attached hydrogens (tertiary/aromatic N) is 3. The molecule has 0 atom stereocenters. The van der Waals surface area contributed by atoms with Crippen LogP contribution in [0.2, 0.25) is 0 Å². The third-order valence-electron chi connectivity index (χ3n) is 3.93. The minimum Gasteiger partial charge on any atom is -0.441 e. The molecule has 0 unspecified atom stereocenters. The molecule has 4 rings (SSSR count). The lowest BCUT2D eigenvalue weighted by molar-refractivity contribution is 0.571. The summed E-state index contributed by atoms with van der Waals surface area (Å²) in [7, 11) is 0. The van der Waals surface area contributed by atoms with Crippen molar-refractivity contribution in [3.63, 3.8) is 0 Å². The molecule has 1 saturated carbocycles. The first-order valence-electron chi connectivity index (χ1n) is 7.33. The number of oxazole rings is 1. The van der Waals surface area contributed by atoms with E-state index in [9.17, 15) is 4.79 Å². The minimum atomic E-state index is -0.307. The molecule has 3 aromatic rings. The predicted molar refractivity (Wildman–Crippen MR) is 82.0 cm³/mol. The zero-order chi connectivity index (χ0) is 15.1. The van der Waals surface area contributed by atoms with Gasteiger partial charge in [-0.3, -0.25) is 0 Å². The number of hydrogen-bond acceptors (Lipinski definition) is 4. The fourth-order valence-corrected chi connectivity index (χ4v) is 2.68. The van der Waals surface area contributed by atoms with Gasteiger partial charge in [-0.15, -0.1) is 0 Å². The summed E-state index contributed by atoms with van der Waals surface area (Å²) < 4.78 is 6.96. The van der Waals surface area contributed by atoms with E-state index in [4.69, 9.17) is 4.42 Å². The molecule has 0 saturated heterocycles. The highest BCUT2D eigenvalue weighted by atomic mass is 16.3. The standard InChI is InChI=1S/C17H15N3O2/c1-11-9-20(17(21)19-14(11)12-7-8-12)16-15(22-10-18-16)13-5-3-2-4-6-13/h2-6,9-10,12H,7-8H2,1H3. The summed E-state index contributed by atoms with van der Waals surface area (Å²) >= 11 is 0. The van der Waals surface area contributed by atoms with Crippen LogP contribution in [0.5, 0.6) is 0 Å². The molecule has 2 aromatic heterocycles. The van der Waals surface area contributed by atoms with Crippen molar-refractivity contribution in [3.8, 4) is 17.1 Å². The van der Waals surface area contributed by atoms with E-state index in [2.05, 4.69) is 9.97 Å². The van der Waals surface area contributed by atoms with Crippen LogP contribution in [0, 0.1) is 6.92 Å². The molecular formula is C17H15N3O2. The van der Waals surface area contributed by atoms with Gasteiger partial charge in [0.1, 0.15) is 0 Å². The fraction of sp³-hybridized carbons (Fsp3) is 0.235. The van der Waals surface area contributed by atoms with E-state index in [1.807, 2.05) is 43.5 Å². The highest BCUT2D eigenvalue weighted by molar-refractivity contribution is 5.64. The molecule has 1 aromatic carbocycles. The number of benzene rings is 1. The molecule has 1 aliphatic rings. The van der Waals surface area contributed by atoms with Crippen LogP contribution in [-0.2, 0) is 0 Å². The molecule has 5 nitrogen and oxygen atoms in total. The molecule has 0 N–H and O–H groups in total. The molecule has 1 fully saturated rings. The smallest absolute Gasteiger partial charge is 0.353 e. The molecule has 0 spiro atoms. The average Bonchev–Trinajstić information content (AvgIpc) is 3.26. The normalized spacial score (nSPS) is 14.2. The molecule has 0 aliphatic heterocycles. The summed E-state index contributed by atoms with van der Waals surface area (Å²) in [6.45, 7) is 1.98. The zero-order valence-electron chi connectivity index (χ0n) is 12.2. The quantitative estimate of drug-likeness (QED) is 0.744. The van der Waals surface area contributed by atoms with E-state index in [0.717, 1.165) is 29.7 Å². The third kappa shape index (κ3) is 2.15. The highest BCUT2D eigenvalue weighted by Gasteiger charge is 2.28. The van der Waals surface area contributed by atoms with Gasteiger partial charge in [-0.1, -0.05) is 30.3 Å². The van der Waals surface area contributed by atoms with Gasteiger partial charge in [0.05, 0.1) is 5.69 Å². The van der Waals surface area contributed by atoms with Gasteiger partial charge in [-0.2, -0.15) is 9.97 Å². The first-order valence-corrected chi connectivity index (χ1v) is 7.33. The number of aromatic nitrogens is 3. The molecule has 0 bridgehead atoms. The van der Waals surface area contributed by atoms with Gasteiger partial charge in [-0.25, -0.2) is 9.36 Å². The SMILES string of the molecule is Cc1cn(-c2ncoc2-c2ccccc2)c(=O)nc1C1CC1. The molecule has 22 heavy (non-hydrogen) atoms. The van der Waals surface area contributed by atoms with Gasteiger partial charge >= 0.3 is 5.69 Å². The van der Waals surface area contributed by atoms with Crippen LogP contribution in [0.4, 0.5) is 0 Å². The third-order valence-corrected chi connectivity index (χ3v) is 3.93. The lowest BCUT2D eigenvalue weighted by atomic mass is 10.1. The summed E-state index contributed by atoms with van der Waals surface area (Å²) in [5.41, 5.74) is 2.51. The van der Waals surface area contributed by atoms with Crippen molar-refractivity contribution in [2.45, 2.75) is 25.7 Å².